The molecule has 1 unspecified atom stereocenters. The molecule has 0 aliphatic carbocycles. The molecule has 0 aliphatic rings. The van der Waals surface area contributed by atoms with Crippen molar-refractivity contribution in [1.29, 1.82) is 0 Å². The number of benzene rings is 2. The van der Waals surface area contributed by atoms with Gasteiger partial charge in [0, 0.05) is 23.8 Å². The van der Waals surface area contributed by atoms with E-state index in [4.69, 9.17) is 9.52 Å². The highest BCUT2D eigenvalue weighted by Crippen LogP contribution is 2.32. The molecule has 0 fully saturated rings. The molecule has 2 aromatic carbocycles. The summed E-state index contributed by atoms with van der Waals surface area (Å²) in [7, 11) is 0. The van der Waals surface area contributed by atoms with Gasteiger partial charge < -0.3 is 19.9 Å². The van der Waals surface area contributed by atoms with Crippen LogP contribution >= 0.6 is 0 Å². The van der Waals surface area contributed by atoms with Crippen LogP contribution in [0.3, 0.4) is 0 Å². The average molecular weight is 338 g/mol. The maximum absolute atomic E-state index is 9.33. The van der Waals surface area contributed by atoms with Crippen molar-refractivity contribution in [3.05, 3.63) is 66.6 Å². The fourth-order valence-corrected chi connectivity index (χ4v) is 2.66. The lowest BCUT2D eigenvalue weighted by Crippen LogP contribution is -2.32. The summed E-state index contributed by atoms with van der Waals surface area (Å²) in [5, 5.41) is 21.5. The molecule has 0 saturated heterocycles. The number of rotatable bonds is 8. The quantitative estimate of drug-likeness (QED) is 0.589. The number of hydrogen-bond acceptors (Lipinski definition) is 5. The van der Waals surface area contributed by atoms with Crippen LogP contribution in [-0.2, 0) is 6.54 Å². The SMILES string of the molecule is OCCC(CO)NCc1nc(-c2ccccc2)c(-c2ccccc2)o1. The molecule has 5 nitrogen and oxygen atoms in total. The highest BCUT2D eigenvalue weighted by Gasteiger charge is 2.17. The fourth-order valence-electron chi connectivity index (χ4n) is 2.66. The van der Waals surface area contributed by atoms with E-state index in [1.807, 2.05) is 60.7 Å². The molecule has 0 spiro atoms. The Bertz CT molecular complexity index is 715. The number of nitrogens with zero attached hydrogens (tertiary/aromatic N) is 1. The van der Waals surface area contributed by atoms with Gasteiger partial charge in [-0.3, -0.25) is 0 Å². The third kappa shape index (κ3) is 4.33. The largest absolute Gasteiger partial charge is 0.439 e. The monoisotopic (exact) mass is 338 g/mol. The van der Waals surface area contributed by atoms with Crippen LogP contribution in [0.15, 0.2) is 65.1 Å². The number of aromatic nitrogens is 1. The Balaban J connectivity index is 1.90. The van der Waals surface area contributed by atoms with Crippen LogP contribution in [0.2, 0.25) is 0 Å². The topological polar surface area (TPSA) is 78.5 Å². The molecule has 25 heavy (non-hydrogen) atoms. The van der Waals surface area contributed by atoms with Gasteiger partial charge in [-0.15, -0.1) is 0 Å². The molecule has 0 aliphatic heterocycles. The van der Waals surface area contributed by atoms with Gasteiger partial charge in [-0.05, 0) is 6.42 Å². The van der Waals surface area contributed by atoms with Crippen LogP contribution in [0.25, 0.3) is 22.6 Å². The molecule has 1 heterocycles. The molecule has 5 heteroatoms. The Hall–Kier alpha value is -2.47. The highest BCUT2D eigenvalue weighted by atomic mass is 16.4. The smallest absolute Gasteiger partial charge is 0.209 e. The van der Waals surface area contributed by atoms with Crippen molar-refractivity contribution >= 4 is 0 Å². The first-order valence-electron chi connectivity index (χ1n) is 8.37. The first-order valence-corrected chi connectivity index (χ1v) is 8.37. The van der Waals surface area contributed by atoms with E-state index in [9.17, 15) is 5.11 Å². The molecule has 0 amide bonds. The Morgan fingerprint density at radius 1 is 0.920 bits per heavy atom. The van der Waals surface area contributed by atoms with Gasteiger partial charge in [-0.25, -0.2) is 4.98 Å². The van der Waals surface area contributed by atoms with Gasteiger partial charge in [0.15, 0.2) is 5.76 Å². The summed E-state index contributed by atoms with van der Waals surface area (Å²) in [5.74, 6) is 1.28. The zero-order valence-electron chi connectivity index (χ0n) is 13.9. The second kappa shape index (κ2) is 8.58. The van der Waals surface area contributed by atoms with Crippen molar-refractivity contribution in [3.8, 4) is 22.6 Å². The minimum Gasteiger partial charge on any atom is -0.439 e. The van der Waals surface area contributed by atoms with E-state index in [0.29, 0.717) is 18.9 Å². The van der Waals surface area contributed by atoms with Gasteiger partial charge in [0.05, 0.1) is 13.2 Å². The Morgan fingerprint density at radius 2 is 1.56 bits per heavy atom. The summed E-state index contributed by atoms with van der Waals surface area (Å²) >= 11 is 0. The molecule has 3 rings (SSSR count). The van der Waals surface area contributed by atoms with Crippen LogP contribution in [0.5, 0.6) is 0 Å². The van der Waals surface area contributed by atoms with Crippen molar-refractivity contribution in [2.45, 2.75) is 19.0 Å². The first-order chi connectivity index (χ1) is 12.3. The highest BCUT2D eigenvalue weighted by molar-refractivity contribution is 5.76. The van der Waals surface area contributed by atoms with Crippen molar-refractivity contribution in [1.82, 2.24) is 10.3 Å². The lowest BCUT2D eigenvalue weighted by Gasteiger charge is -2.12. The summed E-state index contributed by atoms with van der Waals surface area (Å²) in [5.41, 5.74) is 2.76. The number of aliphatic hydroxyl groups excluding tert-OH is 2. The molecule has 3 aromatic rings. The number of hydrogen-bond donors (Lipinski definition) is 3. The zero-order chi connectivity index (χ0) is 17.5. The molecule has 0 radical (unpaired) electrons. The van der Waals surface area contributed by atoms with E-state index in [-0.39, 0.29) is 19.3 Å². The van der Waals surface area contributed by atoms with E-state index in [1.165, 1.54) is 0 Å². The van der Waals surface area contributed by atoms with Gasteiger partial charge in [0.1, 0.15) is 5.69 Å². The third-order valence-electron chi connectivity index (χ3n) is 3.99. The lowest BCUT2D eigenvalue weighted by atomic mass is 10.1. The molecule has 1 aromatic heterocycles. The zero-order valence-corrected chi connectivity index (χ0v) is 13.9. The predicted molar refractivity (Wildman–Crippen MR) is 96.8 cm³/mol. The Labute approximate surface area is 147 Å². The third-order valence-corrected chi connectivity index (χ3v) is 3.99. The minimum absolute atomic E-state index is 0.0222. The second-order valence-corrected chi connectivity index (χ2v) is 5.79. The molecule has 130 valence electrons. The fraction of sp³-hybridized carbons (Fsp3) is 0.250. The Morgan fingerprint density at radius 3 is 2.16 bits per heavy atom. The summed E-state index contributed by atoms with van der Waals surface area (Å²) < 4.78 is 6.01. The van der Waals surface area contributed by atoms with Crippen molar-refractivity contribution < 1.29 is 14.6 Å². The maximum atomic E-state index is 9.33. The molecule has 0 bridgehead atoms. The van der Waals surface area contributed by atoms with Crippen LogP contribution in [0.1, 0.15) is 12.3 Å². The summed E-state index contributed by atoms with van der Waals surface area (Å²) in [4.78, 5) is 4.65. The van der Waals surface area contributed by atoms with Gasteiger partial charge in [0.2, 0.25) is 5.89 Å². The summed E-state index contributed by atoms with van der Waals surface area (Å²) in [6.45, 7) is 0.366. The normalized spacial score (nSPS) is 12.2. The molecule has 0 saturated carbocycles. The van der Waals surface area contributed by atoms with E-state index in [2.05, 4.69) is 10.3 Å². The van der Waals surface area contributed by atoms with Crippen molar-refractivity contribution in [2.75, 3.05) is 13.2 Å². The van der Waals surface area contributed by atoms with E-state index >= 15 is 0 Å². The van der Waals surface area contributed by atoms with Gasteiger partial charge in [-0.1, -0.05) is 60.7 Å². The first kappa shape index (κ1) is 17.4. The van der Waals surface area contributed by atoms with Gasteiger partial charge in [-0.2, -0.15) is 0 Å². The number of aliphatic hydroxyl groups is 2. The predicted octanol–water partition coefficient (Wildman–Crippen LogP) is 2.84. The minimum atomic E-state index is -0.183. The standard InChI is InChI=1S/C20H22N2O3/c23-12-11-17(14-24)21-13-18-22-19(15-7-3-1-4-8-15)20(25-18)16-9-5-2-6-10-16/h1-10,17,21,23-24H,11-14H2. The Kier molecular flexibility index (Phi) is 5.95. The molecular formula is C20H22N2O3. The number of nitrogens with one attached hydrogen (secondary N) is 1. The average Bonchev–Trinajstić information content (AvgIpc) is 3.11. The summed E-state index contributed by atoms with van der Waals surface area (Å²) in [6, 6.07) is 19.6. The van der Waals surface area contributed by atoms with E-state index in [0.717, 1.165) is 22.6 Å². The molecule has 3 N–H and O–H groups in total. The van der Waals surface area contributed by atoms with Gasteiger partial charge >= 0.3 is 0 Å². The van der Waals surface area contributed by atoms with E-state index in [1.54, 1.807) is 0 Å². The molecule has 1 atom stereocenters. The number of oxazole rings is 1. The van der Waals surface area contributed by atoms with Crippen LogP contribution < -0.4 is 5.32 Å². The van der Waals surface area contributed by atoms with Gasteiger partial charge in [0.25, 0.3) is 0 Å². The van der Waals surface area contributed by atoms with Crippen LogP contribution in [-0.4, -0.2) is 34.5 Å². The van der Waals surface area contributed by atoms with E-state index < -0.39 is 0 Å². The molecular weight excluding hydrogens is 316 g/mol. The second-order valence-electron chi connectivity index (χ2n) is 5.79. The van der Waals surface area contributed by atoms with Crippen molar-refractivity contribution in [3.63, 3.8) is 0 Å². The van der Waals surface area contributed by atoms with Crippen LogP contribution in [0, 0.1) is 0 Å². The summed E-state index contributed by atoms with van der Waals surface area (Å²) in [6.07, 6.45) is 0.480. The maximum Gasteiger partial charge on any atom is 0.209 e. The van der Waals surface area contributed by atoms with Crippen LogP contribution in [0.4, 0.5) is 0 Å². The van der Waals surface area contributed by atoms with Crippen molar-refractivity contribution in [2.24, 2.45) is 0 Å². The lowest BCUT2D eigenvalue weighted by molar-refractivity contribution is 0.197.